The summed E-state index contributed by atoms with van der Waals surface area (Å²) in [5, 5.41) is 9.92. The van der Waals surface area contributed by atoms with E-state index < -0.39 is 0 Å². The van der Waals surface area contributed by atoms with Crippen LogP contribution in [0.2, 0.25) is 0 Å². The summed E-state index contributed by atoms with van der Waals surface area (Å²) in [6, 6.07) is 16.0. The second-order valence-electron chi connectivity index (χ2n) is 5.08. The van der Waals surface area contributed by atoms with Crippen LogP contribution in [0.25, 0.3) is 10.4 Å². The van der Waals surface area contributed by atoms with Crippen molar-refractivity contribution in [2.24, 2.45) is 0 Å². The van der Waals surface area contributed by atoms with Gasteiger partial charge in [0.2, 0.25) is 5.78 Å². The van der Waals surface area contributed by atoms with E-state index in [4.69, 9.17) is 0 Å². The number of fused-ring (bicyclic) bond motifs is 2. The normalized spacial score (nSPS) is 12.9. The SMILES string of the molecule is O=C1c2cccc(O)c2C(=O)c2cc(-c3ccccc3)sc21. The number of hydrogen-bond acceptors (Lipinski definition) is 4. The average Bonchev–Trinajstić information content (AvgIpc) is 2.99. The smallest absolute Gasteiger partial charge is 0.204 e. The van der Waals surface area contributed by atoms with Gasteiger partial charge in [-0.3, -0.25) is 9.59 Å². The summed E-state index contributed by atoms with van der Waals surface area (Å²) in [6.45, 7) is 0. The molecule has 0 amide bonds. The Morgan fingerprint density at radius 1 is 0.818 bits per heavy atom. The van der Waals surface area contributed by atoms with Crippen molar-refractivity contribution in [2.75, 3.05) is 0 Å². The molecule has 0 unspecified atom stereocenters. The third kappa shape index (κ3) is 1.74. The van der Waals surface area contributed by atoms with Crippen molar-refractivity contribution in [1.29, 1.82) is 0 Å². The van der Waals surface area contributed by atoms with Crippen molar-refractivity contribution in [3.63, 3.8) is 0 Å². The van der Waals surface area contributed by atoms with Crippen LogP contribution in [0.3, 0.4) is 0 Å². The van der Waals surface area contributed by atoms with Crippen molar-refractivity contribution in [2.45, 2.75) is 0 Å². The average molecular weight is 306 g/mol. The Bertz CT molecular complexity index is 923. The van der Waals surface area contributed by atoms with Crippen LogP contribution in [0.15, 0.2) is 54.6 Å². The van der Waals surface area contributed by atoms with Crippen molar-refractivity contribution in [3.8, 4) is 16.2 Å². The number of phenolic OH excluding ortho intramolecular Hbond substituents is 1. The summed E-state index contributed by atoms with van der Waals surface area (Å²) < 4.78 is 0. The predicted molar refractivity (Wildman–Crippen MR) is 84.7 cm³/mol. The lowest BCUT2D eigenvalue weighted by Gasteiger charge is -2.14. The predicted octanol–water partition coefficient (Wildman–Crippen LogP) is 3.90. The Balaban J connectivity index is 1.93. The molecule has 2 aromatic carbocycles. The maximum Gasteiger partial charge on any atom is 0.204 e. The van der Waals surface area contributed by atoms with Crippen LogP contribution in [0.1, 0.15) is 31.2 Å². The molecule has 0 atom stereocenters. The van der Waals surface area contributed by atoms with Gasteiger partial charge < -0.3 is 5.11 Å². The number of hydrogen-bond donors (Lipinski definition) is 1. The molecule has 3 nitrogen and oxygen atoms in total. The van der Waals surface area contributed by atoms with Crippen molar-refractivity contribution in [1.82, 2.24) is 0 Å². The number of benzene rings is 2. The molecule has 106 valence electrons. The minimum Gasteiger partial charge on any atom is -0.507 e. The maximum absolute atomic E-state index is 12.6. The van der Waals surface area contributed by atoms with Gasteiger partial charge in [-0.15, -0.1) is 11.3 Å². The fourth-order valence-corrected chi connectivity index (χ4v) is 3.81. The highest BCUT2D eigenvalue weighted by Gasteiger charge is 2.34. The summed E-state index contributed by atoms with van der Waals surface area (Å²) >= 11 is 1.32. The second kappa shape index (κ2) is 4.64. The van der Waals surface area contributed by atoms with Crippen LogP contribution >= 0.6 is 11.3 Å². The number of carbonyl (C=O) groups excluding carboxylic acids is 2. The van der Waals surface area contributed by atoms with Crippen LogP contribution in [0.4, 0.5) is 0 Å². The maximum atomic E-state index is 12.6. The Labute approximate surface area is 130 Å². The van der Waals surface area contributed by atoms with Gasteiger partial charge in [0.15, 0.2) is 5.78 Å². The highest BCUT2D eigenvalue weighted by atomic mass is 32.1. The highest BCUT2D eigenvalue weighted by molar-refractivity contribution is 7.18. The Hall–Kier alpha value is -2.72. The van der Waals surface area contributed by atoms with E-state index in [0.29, 0.717) is 10.4 Å². The van der Waals surface area contributed by atoms with Crippen molar-refractivity contribution in [3.05, 3.63) is 76.2 Å². The van der Waals surface area contributed by atoms with Crippen LogP contribution in [0, 0.1) is 0 Å². The molecule has 0 saturated carbocycles. The lowest BCUT2D eigenvalue weighted by molar-refractivity contribution is 0.0980. The first-order valence-corrected chi connectivity index (χ1v) is 7.59. The monoisotopic (exact) mass is 306 g/mol. The zero-order chi connectivity index (χ0) is 15.3. The van der Waals surface area contributed by atoms with Gasteiger partial charge in [0, 0.05) is 16.0 Å². The molecule has 0 fully saturated rings. The van der Waals surface area contributed by atoms with E-state index in [0.717, 1.165) is 10.4 Å². The molecule has 4 heteroatoms. The van der Waals surface area contributed by atoms with E-state index in [1.165, 1.54) is 17.4 Å². The van der Waals surface area contributed by atoms with Crippen molar-refractivity contribution >= 4 is 22.9 Å². The summed E-state index contributed by atoms with van der Waals surface area (Å²) in [7, 11) is 0. The first kappa shape index (κ1) is 13.0. The van der Waals surface area contributed by atoms with E-state index >= 15 is 0 Å². The topological polar surface area (TPSA) is 54.4 Å². The fourth-order valence-electron chi connectivity index (χ4n) is 2.70. The molecule has 0 saturated heterocycles. The van der Waals surface area contributed by atoms with Gasteiger partial charge >= 0.3 is 0 Å². The molecule has 22 heavy (non-hydrogen) atoms. The second-order valence-corrected chi connectivity index (χ2v) is 6.13. The zero-order valence-electron chi connectivity index (χ0n) is 11.4. The van der Waals surface area contributed by atoms with Crippen molar-refractivity contribution < 1.29 is 14.7 Å². The van der Waals surface area contributed by atoms with E-state index in [9.17, 15) is 14.7 Å². The molecule has 1 aromatic heterocycles. The van der Waals surface area contributed by atoms with Crippen LogP contribution in [-0.2, 0) is 0 Å². The van der Waals surface area contributed by atoms with Crippen LogP contribution < -0.4 is 0 Å². The number of carbonyl (C=O) groups is 2. The Kier molecular flexibility index (Phi) is 2.74. The molecule has 0 radical (unpaired) electrons. The molecule has 1 aliphatic rings. The molecule has 1 N–H and O–H groups in total. The molecular weight excluding hydrogens is 296 g/mol. The standard InChI is InChI=1S/C18H10O3S/c19-13-8-4-7-11-15(13)16(20)12-9-14(22-18(12)17(11)21)10-5-2-1-3-6-10/h1-9,19H. The van der Waals surface area contributed by atoms with Crippen LogP contribution in [-0.4, -0.2) is 16.7 Å². The fraction of sp³-hybridized carbons (Fsp3) is 0. The van der Waals surface area contributed by atoms with E-state index in [1.807, 2.05) is 30.3 Å². The van der Waals surface area contributed by atoms with E-state index in [2.05, 4.69) is 0 Å². The first-order valence-electron chi connectivity index (χ1n) is 6.77. The number of rotatable bonds is 1. The van der Waals surface area contributed by atoms with E-state index in [-0.39, 0.29) is 28.4 Å². The number of phenols is 1. The Morgan fingerprint density at radius 2 is 1.59 bits per heavy atom. The lowest BCUT2D eigenvalue weighted by Crippen LogP contribution is -2.18. The molecule has 4 rings (SSSR count). The molecule has 1 aliphatic carbocycles. The minimum absolute atomic E-state index is 0.109. The number of ketones is 2. The summed E-state index contributed by atoms with van der Waals surface area (Å²) in [5.74, 6) is -0.636. The van der Waals surface area contributed by atoms with Gasteiger partial charge in [-0.05, 0) is 23.8 Å². The molecule has 0 aliphatic heterocycles. The molecular formula is C18H10O3S. The summed E-state index contributed by atoms with van der Waals surface area (Å²) in [4.78, 5) is 26.5. The number of aromatic hydroxyl groups is 1. The van der Waals surface area contributed by atoms with Gasteiger partial charge in [0.25, 0.3) is 0 Å². The quantitative estimate of drug-likeness (QED) is 0.580. The van der Waals surface area contributed by atoms with Gasteiger partial charge in [-0.1, -0.05) is 36.4 Å². The van der Waals surface area contributed by atoms with Gasteiger partial charge in [-0.2, -0.15) is 0 Å². The number of thiophene rings is 1. The minimum atomic E-state index is -0.291. The third-order valence-corrected chi connectivity index (χ3v) is 4.94. The summed E-state index contributed by atoms with van der Waals surface area (Å²) in [5.41, 5.74) is 1.73. The highest BCUT2D eigenvalue weighted by Crippen LogP contribution is 2.39. The zero-order valence-corrected chi connectivity index (χ0v) is 12.2. The van der Waals surface area contributed by atoms with Crippen LogP contribution in [0.5, 0.6) is 5.75 Å². The third-order valence-electron chi connectivity index (χ3n) is 3.76. The lowest BCUT2D eigenvalue weighted by atomic mass is 9.88. The molecule has 3 aromatic rings. The Morgan fingerprint density at radius 3 is 2.36 bits per heavy atom. The molecule has 1 heterocycles. The first-order chi connectivity index (χ1) is 10.7. The summed E-state index contributed by atoms with van der Waals surface area (Å²) in [6.07, 6.45) is 0. The molecule has 0 bridgehead atoms. The van der Waals surface area contributed by atoms with Gasteiger partial charge in [0.05, 0.1) is 10.4 Å². The van der Waals surface area contributed by atoms with Gasteiger partial charge in [-0.25, -0.2) is 0 Å². The van der Waals surface area contributed by atoms with Gasteiger partial charge in [0.1, 0.15) is 5.75 Å². The largest absolute Gasteiger partial charge is 0.507 e. The molecule has 0 spiro atoms. The van der Waals surface area contributed by atoms with E-state index in [1.54, 1.807) is 18.2 Å².